The Labute approximate surface area is 104 Å². The van der Waals surface area contributed by atoms with E-state index in [1.165, 1.54) is 11.8 Å². The van der Waals surface area contributed by atoms with Crippen LogP contribution in [0.25, 0.3) is 0 Å². The number of amides is 3. The maximum atomic E-state index is 11.8. The number of nitrogens with one attached hydrogen (secondary N) is 1. The minimum atomic E-state index is -0.405. The van der Waals surface area contributed by atoms with E-state index in [2.05, 4.69) is 5.32 Å². The third kappa shape index (κ3) is 4.26. The molecule has 1 aliphatic rings. The lowest BCUT2D eigenvalue weighted by atomic mass is 10.2. The molecule has 0 aromatic heterocycles. The molecule has 1 atom stereocenters. The summed E-state index contributed by atoms with van der Waals surface area (Å²) in [5, 5.41) is 2.70. The fourth-order valence-electron chi connectivity index (χ4n) is 1.60. The Morgan fingerprint density at radius 3 is 2.94 bits per heavy atom. The third-order valence-electron chi connectivity index (χ3n) is 2.52. The molecule has 1 rings (SSSR count). The maximum Gasteiger partial charge on any atom is 0.242 e. The molecule has 3 N–H and O–H groups in total. The van der Waals surface area contributed by atoms with Crippen LogP contribution in [-0.4, -0.2) is 53.3 Å². The Kier molecular flexibility index (Phi) is 5.27. The summed E-state index contributed by atoms with van der Waals surface area (Å²) in [4.78, 5) is 35.2. The van der Waals surface area contributed by atoms with Crippen molar-refractivity contribution >= 4 is 29.5 Å². The molecule has 0 bridgehead atoms. The highest BCUT2D eigenvalue weighted by Crippen LogP contribution is 2.09. The molecule has 3 amide bonds. The van der Waals surface area contributed by atoms with Gasteiger partial charge in [-0.15, -0.1) is 0 Å². The minimum absolute atomic E-state index is 0.0516. The molecule has 0 aromatic rings. The zero-order chi connectivity index (χ0) is 12.8. The van der Waals surface area contributed by atoms with Crippen LogP contribution < -0.4 is 11.1 Å². The number of hydrogen-bond donors (Lipinski definition) is 2. The monoisotopic (exact) mass is 259 g/mol. The Bertz CT molecular complexity index is 322. The summed E-state index contributed by atoms with van der Waals surface area (Å²) in [5.74, 6) is 0.225. The van der Waals surface area contributed by atoms with Gasteiger partial charge in [-0.05, 0) is 6.92 Å². The van der Waals surface area contributed by atoms with Crippen LogP contribution in [0.5, 0.6) is 0 Å². The number of piperazine rings is 1. The molecule has 1 unspecified atom stereocenters. The molecule has 1 heterocycles. The van der Waals surface area contributed by atoms with Gasteiger partial charge in [0.05, 0.1) is 5.75 Å². The van der Waals surface area contributed by atoms with Gasteiger partial charge >= 0.3 is 0 Å². The van der Waals surface area contributed by atoms with Gasteiger partial charge < -0.3 is 16.0 Å². The number of carbonyl (C=O) groups excluding carboxylic acids is 3. The zero-order valence-corrected chi connectivity index (χ0v) is 10.6. The number of thioether (sulfide) groups is 1. The molecule has 0 aromatic carbocycles. The molecule has 1 fully saturated rings. The highest BCUT2D eigenvalue weighted by molar-refractivity contribution is 7.99. The molecule has 0 spiro atoms. The van der Waals surface area contributed by atoms with E-state index in [1.807, 2.05) is 0 Å². The SMILES string of the molecule is CC1C(=O)NCCN1C(=O)CCSCC(N)=O. The zero-order valence-electron chi connectivity index (χ0n) is 9.77. The number of rotatable bonds is 5. The number of carbonyl (C=O) groups is 3. The van der Waals surface area contributed by atoms with Gasteiger partial charge in [0.1, 0.15) is 6.04 Å². The van der Waals surface area contributed by atoms with E-state index in [-0.39, 0.29) is 23.5 Å². The number of nitrogens with two attached hydrogens (primary N) is 1. The predicted molar refractivity (Wildman–Crippen MR) is 65.3 cm³/mol. The van der Waals surface area contributed by atoms with Gasteiger partial charge in [-0.1, -0.05) is 0 Å². The van der Waals surface area contributed by atoms with Crippen LogP contribution in [0.1, 0.15) is 13.3 Å². The smallest absolute Gasteiger partial charge is 0.242 e. The highest BCUT2D eigenvalue weighted by Gasteiger charge is 2.28. The first-order valence-corrected chi connectivity index (χ1v) is 6.61. The Morgan fingerprint density at radius 2 is 2.29 bits per heavy atom. The second-order valence-corrected chi connectivity index (χ2v) is 4.93. The van der Waals surface area contributed by atoms with Crippen molar-refractivity contribution in [1.82, 2.24) is 10.2 Å². The van der Waals surface area contributed by atoms with Crippen LogP contribution in [-0.2, 0) is 14.4 Å². The van der Waals surface area contributed by atoms with Crippen molar-refractivity contribution in [3.05, 3.63) is 0 Å². The van der Waals surface area contributed by atoms with Gasteiger partial charge in [0.15, 0.2) is 0 Å². The van der Waals surface area contributed by atoms with Crippen molar-refractivity contribution in [3.63, 3.8) is 0 Å². The van der Waals surface area contributed by atoms with Crippen LogP contribution in [0.4, 0.5) is 0 Å². The van der Waals surface area contributed by atoms with Crippen molar-refractivity contribution in [1.29, 1.82) is 0 Å². The largest absolute Gasteiger partial charge is 0.369 e. The number of hydrogen-bond acceptors (Lipinski definition) is 4. The molecule has 0 radical (unpaired) electrons. The first kappa shape index (κ1) is 13.8. The number of primary amides is 1. The van der Waals surface area contributed by atoms with Crippen LogP contribution >= 0.6 is 11.8 Å². The molecule has 1 saturated heterocycles. The summed E-state index contributed by atoms with van der Waals surface area (Å²) >= 11 is 1.33. The summed E-state index contributed by atoms with van der Waals surface area (Å²) in [7, 11) is 0. The fourth-order valence-corrected chi connectivity index (χ4v) is 2.26. The van der Waals surface area contributed by atoms with Crippen molar-refractivity contribution < 1.29 is 14.4 Å². The Hall–Kier alpha value is -1.24. The standard InChI is InChI=1S/C10H17N3O3S/c1-7-10(16)12-3-4-13(7)9(15)2-5-17-6-8(11)14/h7H,2-6H2,1H3,(H2,11,14)(H,12,16). The lowest BCUT2D eigenvalue weighted by molar-refractivity contribution is -0.142. The van der Waals surface area contributed by atoms with Crippen LogP contribution in [0.2, 0.25) is 0 Å². The first-order chi connectivity index (χ1) is 8.02. The van der Waals surface area contributed by atoms with Gasteiger partial charge in [0, 0.05) is 25.3 Å². The van der Waals surface area contributed by atoms with Crippen molar-refractivity contribution in [2.45, 2.75) is 19.4 Å². The van der Waals surface area contributed by atoms with Crippen molar-refractivity contribution in [2.24, 2.45) is 5.73 Å². The van der Waals surface area contributed by atoms with E-state index in [0.29, 0.717) is 25.3 Å². The molecular weight excluding hydrogens is 242 g/mol. The van der Waals surface area contributed by atoms with Gasteiger partial charge in [0.25, 0.3) is 0 Å². The van der Waals surface area contributed by atoms with E-state index in [9.17, 15) is 14.4 Å². The summed E-state index contributed by atoms with van der Waals surface area (Å²) in [6.45, 7) is 2.76. The third-order valence-corrected chi connectivity index (χ3v) is 3.51. The second kappa shape index (κ2) is 6.48. The van der Waals surface area contributed by atoms with E-state index >= 15 is 0 Å². The quantitative estimate of drug-likeness (QED) is 0.616. The fraction of sp³-hybridized carbons (Fsp3) is 0.700. The number of nitrogens with zero attached hydrogens (tertiary/aromatic N) is 1. The van der Waals surface area contributed by atoms with Gasteiger partial charge in [-0.25, -0.2) is 0 Å². The van der Waals surface area contributed by atoms with Gasteiger partial charge in [-0.3, -0.25) is 14.4 Å². The van der Waals surface area contributed by atoms with Crippen molar-refractivity contribution in [2.75, 3.05) is 24.6 Å². The molecule has 96 valence electrons. The highest BCUT2D eigenvalue weighted by atomic mass is 32.2. The summed E-state index contributed by atoms with van der Waals surface area (Å²) in [6.07, 6.45) is 0.329. The molecule has 7 heteroatoms. The van der Waals surface area contributed by atoms with Crippen LogP contribution in [0, 0.1) is 0 Å². The van der Waals surface area contributed by atoms with E-state index in [4.69, 9.17) is 5.73 Å². The van der Waals surface area contributed by atoms with Gasteiger partial charge in [0.2, 0.25) is 17.7 Å². The Balaban J connectivity index is 2.31. The molecular formula is C10H17N3O3S. The van der Waals surface area contributed by atoms with Gasteiger partial charge in [-0.2, -0.15) is 11.8 Å². The first-order valence-electron chi connectivity index (χ1n) is 5.45. The maximum absolute atomic E-state index is 11.8. The lowest BCUT2D eigenvalue weighted by Gasteiger charge is -2.32. The summed E-state index contributed by atoms with van der Waals surface area (Å²) in [5.41, 5.74) is 4.98. The molecule has 0 aliphatic carbocycles. The molecule has 1 aliphatic heterocycles. The second-order valence-electron chi connectivity index (χ2n) is 3.82. The predicted octanol–water partition coefficient (Wildman–Crippen LogP) is -1.06. The Morgan fingerprint density at radius 1 is 1.59 bits per heavy atom. The van der Waals surface area contributed by atoms with E-state index in [0.717, 1.165) is 0 Å². The topological polar surface area (TPSA) is 92.5 Å². The lowest BCUT2D eigenvalue weighted by Crippen LogP contribution is -2.55. The van der Waals surface area contributed by atoms with E-state index in [1.54, 1.807) is 11.8 Å². The van der Waals surface area contributed by atoms with E-state index < -0.39 is 6.04 Å². The molecule has 0 saturated carbocycles. The van der Waals surface area contributed by atoms with Crippen LogP contribution in [0.3, 0.4) is 0 Å². The normalized spacial score (nSPS) is 19.9. The average molecular weight is 259 g/mol. The summed E-state index contributed by atoms with van der Waals surface area (Å²) in [6, 6.07) is -0.405. The van der Waals surface area contributed by atoms with Crippen LogP contribution in [0.15, 0.2) is 0 Å². The molecule has 6 nitrogen and oxygen atoms in total. The summed E-state index contributed by atoms with van der Waals surface area (Å²) < 4.78 is 0. The average Bonchev–Trinajstić information content (AvgIpc) is 2.27. The molecule has 17 heavy (non-hydrogen) atoms. The minimum Gasteiger partial charge on any atom is -0.369 e. The van der Waals surface area contributed by atoms with Crippen molar-refractivity contribution in [3.8, 4) is 0 Å².